The van der Waals surface area contributed by atoms with Crippen LogP contribution in [0.25, 0.3) is 32.8 Å². The highest BCUT2D eigenvalue weighted by atomic mass is 32.7. The van der Waals surface area contributed by atoms with E-state index in [1.54, 1.807) is 12.1 Å². The Morgan fingerprint density at radius 2 is 1.40 bits per heavy atom. The van der Waals surface area contributed by atoms with E-state index in [-0.39, 0.29) is 46.3 Å². The molecule has 63 heavy (non-hydrogen) atoms. The molecule has 0 spiro atoms. The number of nitrogen functional groups attached to an aromatic ring is 2. The Labute approximate surface area is 360 Å². The SMILES string of the molecule is [N-]=[N+]=NCCOCCOCCOCc1ccc(CS[P@@]2(=O)OC[C@H]3O[C@@H](n4cnc5c(N)ncnc54)[C@H](F)[C@@H]3O[PH](=O)OCC3O[C@@H](n4cnc5c(N)ncnc54)[C@H](F)[C@@H]3O2)cc1. The topological polar surface area (TPSA) is 305 Å². The zero-order chi connectivity index (χ0) is 43.9. The maximum absolute atomic E-state index is 16.7. The van der Waals surface area contributed by atoms with Crippen LogP contribution in [0.2, 0.25) is 0 Å². The van der Waals surface area contributed by atoms with Crippen molar-refractivity contribution in [3.8, 4) is 0 Å². The molecule has 2 unspecified atom stereocenters. The molecule has 0 amide bonds. The van der Waals surface area contributed by atoms with Gasteiger partial charge in [0, 0.05) is 17.2 Å². The van der Waals surface area contributed by atoms with Gasteiger partial charge in [-0.05, 0) is 28.0 Å². The third-order valence-electron chi connectivity index (χ3n) is 9.93. The lowest BCUT2D eigenvalue weighted by Gasteiger charge is -2.28. The van der Waals surface area contributed by atoms with E-state index in [1.807, 2.05) is 12.1 Å². The number of halogens is 2. The van der Waals surface area contributed by atoms with Crippen LogP contribution >= 0.6 is 26.4 Å². The zero-order valence-electron chi connectivity index (χ0n) is 33.0. The fourth-order valence-electron chi connectivity index (χ4n) is 6.86. The number of hydrogen-bond donors (Lipinski definition) is 2. The Kier molecular flexibility index (Phi) is 14.7. The molecule has 4 aromatic heterocycles. The fraction of sp³-hybridized carbons (Fsp3) is 0.529. The van der Waals surface area contributed by atoms with Gasteiger partial charge in [0.05, 0.1) is 65.5 Å². The van der Waals surface area contributed by atoms with E-state index in [4.69, 9.17) is 58.8 Å². The van der Waals surface area contributed by atoms with Crippen LogP contribution in [0.5, 0.6) is 0 Å². The van der Waals surface area contributed by atoms with Gasteiger partial charge in [-0.2, -0.15) is 0 Å². The molecule has 0 radical (unpaired) electrons. The first-order valence-electron chi connectivity index (χ1n) is 19.3. The molecule has 5 aromatic rings. The summed E-state index contributed by atoms with van der Waals surface area (Å²) in [6, 6.07) is 7.25. The molecule has 4 N–H and O–H groups in total. The molecule has 10 atom stereocenters. The number of aromatic nitrogens is 8. The quantitative estimate of drug-likeness (QED) is 0.0455. The van der Waals surface area contributed by atoms with Crippen molar-refractivity contribution >= 4 is 60.4 Å². The van der Waals surface area contributed by atoms with Gasteiger partial charge in [0.2, 0.25) is 0 Å². The van der Waals surface area contributed by atoms with E-state index in [9.17, 15) is 9.13 Å². The number of imidazole rings is 2. The summed E-state index contributed by atoms with van der Waals surface area (Å²) in [6.07, 6.45) is -7.92. The smallest absolute Gasteiger partial charge is 0.382 e. The van der Waals surface area contributed by atoms with Gasteiger partial charge >= 0.3 is 15.1 Å². The normalized spacial score (nSPS) is 28.9. The van der Waals surface area contributed by atoms with Crippen LogP contribution in [0.4, 0.5) is 20.4 Å². The predicted octanol–water partition coefficient (Wildman–Crippen LogP) is 4.41. The van der Waals surface area contributed by atoms with E-state index in [2.05, 4.69) is 39.9 Å². The summed E-state index contributed by atoms with van der Waals surface area (Å²) < 4.78 is 116. The summed E-state index contributed by atoms with van der Waals surface area (Å²) >= 11 is 0.759. The van der Waals surface area contributed by atoms with Crippen LogP contribution < -0.4 is 11.5 Å². The van der Waals surface area contributed by atoms with Crippen LogP contribution in [0, 0.1) is 0 Å². The van der Waals surface area contributed by atoms with Crippen molar-refractivity contribution in [3.63, 3.8) is 0 Å². The third kappa shape index (κ3) is 10.4. The molecule has 24 nitrogen and oxygen atoms in total. The average molecular weight is 940 g/mol. The molecular formula is C34H41F2N13O11P2S. The molecule has 0 saturated carbocycles. The number of fused-ring (bicyclic) bond motifs is 4. The Bertz CT molecular complexity index is 2470. The third-order valence-corrected chi connectivity index (χ3v) is 14.4. The molecule has 3 aliphatic rings. The van der Waals surface area contributed by atoms with E-state index >= 15 is 8.78 Å². The van der Waals surface area contributed by atoms with Crippen LogP contribution in [-0.4, -0.2) is 129 Å². The van der Waals surface area contributed by atoms with Crippen molar-refractivity contribution in [2.75, 3.05) is 64.3 Å². The monoisotopic (exact) mass is 939 g/mol. The highest BCUT2D eigenvalue weighted by molar-refractivity contribution is 8.54. The van der Waals surface area contributed by atoms with Gasteiger partial charge in [0.15, 0.2) is 47.7 Å². The first-order chi connectivity index (χ1) is 30.6. The average Bonchev–Trinajstić information content (AvgIpc) is 4.05. The minimum absolute atomic E-state index is 0.0492. The van der Waals surface area contributed by atoms with Gasteiger partial charge in [-0.15, -0.1) is 0 Å². The molecular weight excluding hydrogens is 898 g/mol. The number of rotatable bonds is 16. The van der Waals surface area contributed by atoms with Gasteiger partial charge in [0.25, 0.3) is 0 Å². The van der Waals surface area contributed by atoms with Crippen molar-refractivity contribution in [3.05, 3.63) is 71.1 Å². The van der Waals surface area contributed by atoms with Gasteiger partial charge in [0.1, 0.15) is 48.1 Å². The second kappa shape index (κ2) is 20.6. The zero-order valence-corrected chi connectivity index (χ0v) is 35.7. The van der Waals surface area contributed by atoms with Crippen LogP contribution in [0.15, 0.2) is 54.7 Å². The standard InChI is InChI=1S/C34H41F2N13O11P2S/c35-23-27-22(58-33(23)48-17-44-25-29(37)40-15-42-31(25)48)13-56-62(51,63-14-20-3-1-19(2-4-20)11-54-10-9-53-8-7-52-6-5-46-47-39)60-28-21(12-55-61(50)59-27)57-34(24(28)36)49-18-45-26-30(38)41-16-43-32(26)49/h1-4,15-18,21-24,27-28,33-34,61H,5-14H2,(H2,37,40,42)(H2,38,41,43)/t21?,22-,23-,24-,27-,28-,33-,34-,62+/m1/s1. The van der Waals surface area contributed by atoms with Crippen molar-refractivity contribution in [2.45, 2.75) is 61.6 Å². The highest BCUT2D eigenvalue weighted by Crippen LogP contribution is 2.64. The van der Waals surface area contributed by atoms with Crippen molar-refractivity contribution < 1.29 is 59.7 Å². The number of ether oxygens (including phenoxy) is 5. The number of nitrogens with two attached hydrogens (primary N) is 2. The van der Waals surface area contributed by atoms with E-state index in [0.717, 1.165) is 16.9 Å². The Balaban J connectivity index is 0.969. The second-order valence-corrected chi connectivity index (χ2v) is 19.0. The van der Waals surface area contributed by atoms with Gasteiger partial charge in [-0.1, -0.05) is 29.4 Å². The highest BCUT2D eigenvalue weighted by Gasteiger charge is 2.54. The molecule has 3 aliphatic heterocycles. The van der Waals surface area contributed by atoms with Gasteiger partial charge in [-0.3, -0.25) is 22.7 Å². The van der Waals surface area contributed by atoms with Gasteiger partial charge in [-0.25, -0.2) is 43.2 Å². The Morgan fingerprint density at radius 1 is 0.825 bits per heavy atom. The summed E-state index contributed by atoms with van der Waals surface area (Å²) in [5.41, 5.74) is 22.4. The summed E-state index contributed by atoms with van der Waals surface area (Å²) in [6.45, 7) is -3.38. The first-order valence-corrected chi connectivity index (χ1v) is 23.7. The van der Waals surface area contributed by atoms with E-state index in [0.29, 0.717) is 45.2 Å². The molecule has 7 heterocycles. The predicted molar refractivity (Wildman–Crippen MR) is 218 cm³/mol. The number of benzene rings is 1. The van der Waals surface area contributed by atoms with Crippen molar-refractivity contribution in [2.24, 2.45) is 5.11 Å². The molecule has 8 rings (SSSR count). The molecule has 0 aliphatic carbocycles. The molecule has 0 bridgehead atoms. The first kappa shape index (κ1) is 45.1. The largest absolute Gasteiger partial charge is 0.389 e. The van der Waals surface area contributed by atoms with Crippen LogP contribution in [0.1, 0.15) is 23.6 Å². The number of anilines is 2. The molecule has 29 heteroatoms. The van der Waals surface area contributed by atoms with E-state index < -0.39 is 77.5 Å². The lowest BCUT2D eigenvalue weighted by Crippen LogP contribution is -2.36. The number of alkyl halides is 2. The summed E-state index contributed by atoms with van der Waals surface area (Å²) in [5.74, 6) is 0.161. The number of nitrogens with zero attached hydrogens (tertiary/aromatic N) is 11. The summed E-state index contributed by atoms with van der Waals surface area (Å²) in [7, 11) is -3.52. The van der Waals surface area contributed by atoms with Crippen molar-refractivity contribution in [1.82, 2.24) is 39.0 Å². The molecule has 3 saturated heterocycles. The van der Waals surface area contributed by atoms with E-state index in [1.165, 1.54) is 34.4 Å². The molecule has 338 valence electrons. The fourth-order valence-corrected chi connectivity index (χ4v) is 11.1. The van der Waals surface area contributed by atoms with Crippen LogP contribution in [-0.2, 0) is 63.3 Å². The maximum Gasteiger partial charge on any atom is 0.389 e. The van der Waals surface area contributed by atoms with Crippen LogP contribution in [0.3, 0.4) is 0 Å². The van der Waals surface area contributed by atoms with Gasteiger partial charge < -0.3 is 44.2 Å². The number of hydrogen-bond acceptors (Lipinski definition) is 21. The summed E-state index contributed by atoms with van der Waals surface area (Å²) in [4.78, 5) is 27.2. The summed E-state index contributed by atoms with van der Waals surface area (Å²) in [5, 5.41) is 3.39. The lowest BCUT2D eigenvalue weighted by molar-refractivity contribution is -0.0539. The Hall–Kier alpha value is -4.46. The lowest BCUT2D eigenvalue weighted by atomic mass is 10.1. The number of azide groups is 1. The maximum atomic E-state index is 16.7. The minimum Gasteiger partial charge on any atom is -0.382 e. The van der Waals surface area contributed by atoms with Crippen molar-refractivity contribution in [1.29, 1.82) is 0 Å². The Morgan fingerprint density at radius 3 is 2.03 bits per heavy atom. The second-order valence-electron chi connectivity index (χ2n) is 14.0. The minimum atomic E-state index is -4.44. The molecule has 1 aromatic carbocycles. The molecule has 3 fully saturated rings.